The minimum atomic E-state index is -0.318. The number of ether oxygens (including phenoxy) is 1. The van der Waals surface area contributed by atoms with Crippen LogP contribution < -0.4 is 10.2 Å². The second-order valence-corrected chi connectivity index (χ2v) is 4.64. The molecule has 0 saturated carbocycles. The normalized spacial score (nSPS) is 10.4. The van der Waals surface area contributed by atoms with Crippen LogP contribution in [0.2, 0.25) is 0 Å². The van der Waals surface area contributed by atoms with Gasteiger partial charge in [-0.15, -0.1) is 0 Å². The number of fused-ring (bicyclic) bond motifs is 1. The molecule has 0 aliphatic heterocycles. The molecule has 2 rings (SSSR count). The maximum atomic E-state index is 11.4. The van der Waals surface area contributed by atoms with Crippen molar-refractivity contribution < 1.29 is 14.4 Å². The van der Waals surface area contributed by atoms with Crippen molar-refractivity contribution in [3.8, 4) is 5.75 Å². The van der Waals surface area contributed by atoms with Crippen molar-refractivity contribution in [2.75, 3.05) is 13.2 Å². The Morgan fingerprint density at radius 2 is 2.05 bits per heavy atom. The molecule has 0 aliphatic carbocycles. The monoisotopic (exact) mass is 323 g/mol. The van der Waals surface area contributed by atoms with Crippen LogP contribution in [-0.2, 0) is 9.63 Å². The highest BCUT2D eigenvalue weighted by Gasteiger charge is 2.08. The van der Waals surface area contributed by atoms with Crippen LogP contribution in [0.15, 0.2) is 40.9 Å². The Morgan fingerprint density at radius 1 is 1.26 bits per heavy atom. The second-order valence-electron chi connectivity index (χ2n) is 3.85. The molecule has 4 nitrogen and oxygen atoms in total. The lowest BCUT2D eigenvalue weighted by Crippen LogP contribution is -2.29. The van der Waals surface area contributed by atoms with E-state index in [1.807, 2.05) is 36.4 Å². The predicted octanol–water partition coefficient (Wildman–Crippen LogP) is 3.05. The molecule has 0 unspecified atom stereocenters. The summed E-state index contributed by atoms with van der Waals surface area (Å²) in [5.74, 6) is 0.312. The van der Waals surface area contributed by atoms with E-state index in [-0.39, 0.29) is 12.5 Å². The third kappa shape index (κ3) is 3.45. The molecule has 100 valence electrons. The van der Waals surface area contributed by atoms with Gasteiger partial charge >= 0.3 is 0 Å². The molecular weight excluding hydrogens is 310 g/mol. The Bertz CT molecular complexity index is 586. The number of carbonyl (C=O) groups is 1. The van der Waals surface area contributed by atoms with Crippen molar-refractivity contribution in [2.24, 2.45) is 0 Å². The largest absolute Gasteiger partial charge is 0.482 e. The highest BCUT2D eigenvalue weighted by molar-refractivity contribution is 9.10. The van der Waals surface area contributed by atoms with Crippen LogP contribution in [0.25, 0.3) is 10.8 Å². The lowest BCUT2D eigenvalue weighted by Gasteiger charge is -2.10. The Balaban J connectivity index is 2.09. The zero-order valence-electron chi connectivity index (χ0n) is 10.5. The van der Waals surface area contributed by atoms with Crippen LogP contribution in [0, 0.1) is 0 Å². The molecule has 0 spiro atoms. The van der Waals surface area contributed by atoms with Crippen LogP contribution in [0.5, 0.6) is 5.75 Å². The average Bonchev–Trinajstić information content (AvgIpc) is 2.44. The molecule has 0 heterocycles. The molecule has 19 heavy (non-hydrogen) atoms. The number of benzene rings is 2. The molecule has 0 aromatic heterocycles. The third-order valence-electron chi connectivity index (χ3n) is 2.52. The van der Waals surface area contributed by atoms with E-state index in [4.69, 9.17) is 9.57 Å². The number of halogens is 1. The van der Waals surface area contributed by atoms with Gasteiger partial charge in [0.2, 0.25) is 0 Å². The first-order chi connectivity index (χ1) is 9.22. The number of rotatable bonds is 5. The van der Waals surface area contributed by atoms with Gasteiger partial charge in [0.1, 0.15) is 5.75 Å². The first kappa shape index (κ1) is 13.8. The number of nitrogens with one attached hydrogen (secondary N) is 1. The van der Waals surface area contributed by atoms with E-state index in [9.17, 15) is 4.79 Å². The zero-order valence-corrected chi connectivity index (χ0v) is 12.1. The minimum absolute atomic E-state index is 0.0864. The van der Waals surface area contributed by atoms with Crippen LogP contribution in [-0.4, -0.2) is 19.1 Å². The fraction of sp³-hybridized carbons (Fsp3) is 0.214. The number of hydrogen-bond donors (Lipinski definition) is 1. The highest BCUT2D eigenvalue weighted by atomic mass is 79.9. The zero-order chi connectivity index (χ0) is 13.7. The first-order valence-electron chi connectivity index (χ1n) is 5.93. The van der Waals surface area contributed by atoms with Gasteiger partial charge in [0.05, 0.1) is 11.1 Å². The SMILES string of the molecule is CCONC(=O)COc1ccc2ccccc2c1Br. The van der Waals surface area contributed by atoms with Gasteiger partial charge in [-0.05, 0) is 39.7 Å². The molecule has 0 fully saturated rings. The predicted molar refractivity (Wildman–Crippen MR) is 76.9 cm³/mol. The van der Waals surface area contributed by atoms with Crippen molar-refractivity contribution in [3.63, 3.8) is 0 Å². The quantitative estimate of drug-likeness (QED) is 0.860. The molecule has 0 aliphatic rings. The molecule has 2 aromatic carbocycles. The lowest BCUT2D eigenvalue weighted by atomic mass is 10.1. The fourth-order valence-corrected chi connectivity index (χ4v) is 2.26. The average molecular weight is 324 g/mol. The summed E-state index contributed by atoms with van der Waals surface area (Å²) in [6.45, 7) is 2.13. The Morgan fingerprint density at radius 3 is 2.84 bits per heavy atom. The Hall–Kier alpha value is -1.59. The summed E-state index contributed by atoms with van der Waals surface area (Å²) in [5, 5.41) is 2.16. The van der Waals surface area contributed by atoms with Gasteiger partial charge in [0.15, 0.2) is 6.61 Å². The summed E-state index contributed by atoms with van der Waals surface area (Å²) >= 11 is 3.50. The van der Waals surface area contributed by atoms with Gasteiger partial charge < -0.3 is 4.74 Å². The van der Waals surface area contributed by atoms with Crippen molar-refractivity contribution in [1.82, 2.24) is 5.48 Å². The smallest absolute Gasteiger partial charge is 0.281 e. The van der Waals surface area contributed by atoms with Gasteiger partial charge in [0, 0.05) is 0 Å². The van der Waals surface area contributed by atoms with E-state index in [1.165, 1.54) is 0 Å². The van der Waals surface area contributed by atoms with Gasteiger partial charge in [0.25, 0.3) is 5.91 Å². The van der Waals surface area contributed by atoms with Crippen LogP contribution in [0.4, 0.5) is 0 Å². The van der Waals surface area contributed by atoms with E-state index in [2.05, 4.69) is 21.4 Å². The van der Waals surface area contributed by atoms with Crippen molar-refractivity contribution in [2.45, 2.75) is 6.92 Å². The van der Waals surface area contributed by atoms with E-state index < -0.39 is 0 Å². The van der Waals surface area contributed by atoms with Gasteiger partial charge in [-0.25, -0.2) is 5.48 Å². The highest BCUT2D eigenvalue weighted by Crippen LogP contribution is 2.32. The van der Waals surface area contributed by atoms with Gasteiger partial charge in [-0.1, -0.05) is 30.3 Å². The minimum Gasteiger partial charge on any atom is -0.482 e. The Kier molecular flexibility index (Phi) is 4.76. The maximum Gasteiger partial charge on any atom is 0.281 e. The lowest BCUT2D eigenvalue weighted by molar-refractivity contribution is -0.135. The maximum absolute atomic E-state index is 11.4. The first-order valence-corrected chi connectivity index (χ1v) is 6.72. The number of hydroxylamine groups is 1. The molecular formula is C14H14BrNO3. The van der Waals surface area contributed by atoms with Gasteiger partial charge in [-0.3, -0.25) is 9.63 Å². The van der Waals surface area contributed by atoms with E-state index in [1.54, 1.807) is 6.92 Å². The molecule has 1 amide bonds. The van der Waals surface area contributed by atoms with Crippen molar-refractivity contribution in [1.29, 1.82) is 0 Å². The summed E-state index contributed by atoms with van der Waals surface area (Å²) < 4.78 is 6.31. The fourth-order valence-electron chi connectivity index (χ4n) is 1.65. The van der Waals surface area contributed by atoms with Crippen molar-refractivity contribution >= 4 is 32.6 Å². The summed E-state index contributed by atoms with van der Waals surface area (Å²) in [6.07, 6.45) is 0. The van der Waals surface area contributed by atoms with Crippen LogP contribution in [0.1, 0.15) is 6.92 Å². The summed E-state index contributed by atoms with van der Waals surface area (Å²) in [4.78, 5) is 16.2. The summed E-state index contributed by atoms with van der Waals surface area (Å²) in [5.41, 5.74) is 2.28. The summed E-state index contributed by atoms with van der Waals surface area (Å²) in [7, 11) is 0. The molecule has 2 aromatic rings. The Labute approximate surface area is 119 Å². The molecule has 0 bridgehead atoms. The van der Waals surface area contributed by atoms with E-state index in [0.29, 0.717) is 12.4 Å². The summed E-state index contributed by atoms with van der Waals surface area (Å²) in [6, 6.07) is 11.7. The number of hydrogen-bond acceptors (Lipinski definition) is 3. The molecule has 1 N–H and O–H groups in total. The van der Waals surface area contributed by atoms with Crippen molar-refractivity contribution in [3.05, 3.63) is 40.9 Å². The van der Waals surface area contributed by atoms with Gasteiger partial charge in [-0.2, -0.15) is 0 Å². The number of carbonyl (C=O) groups excluding carboxylic acids is 1. The molecule has 0 radical (unpaired) electrons. The standard InChI is InChI=1S/C14H14BrNO3/c1-2-19-16-13(17)9-18-12-8-7-10-5-3-4-6-11(10)14(12)15/h3-8H,2,9H2,1H3,(H,16,17). The van der Waals surface area contributed by atoms with E-state index >= 15 is 0 Å². The number of amides is 1. The topological polar surface area (TPSA) is 47.6 Å². The molecule has 0 atom stereocenters. The molecule has 0 saturated heterocycles. The third-order valence-corrected chi connectivity index (χ3v) is 3.33. The van der Waals surface area contributed by atoms with Crippen LogP contribution >= 0.6 is 15.9 Å². The molecule has 5 heteroatoms. The van der Waals surface area contributed by atoms with E-state index in [0.717, 1.165) is 15.2 Å². The second kappa shape index (κ2) is 6.54. The van der Waals surface area contributed by atoms with Crippen LogP contribution in [0.3, 0.4) is 0 Å².